The molecule has 1 unspecified atom stereocenters. The Kier molecular flexibility index (Phi) is 14.8. The molecule has 1 atom stereocenters. The van der Waals surface area contributed by atoms with E-state index in [0.29, 0.717) is 24.3 Å². The van der Waals surface area contributed by atoms with Crippen LogP contribution in [0.1, 0.15) is 51.0 Å². The molecule has 1 aliphatic heterocycles. The van der Waals surface area contributed by atoms with E-state index in [1.54, 1.807) is 12.3 Å². The number of carboxylic acids is 1. The van der Waals surface area contributed by atoms with Crippen molar-refractivity contribution in [2.45, 2.75) is 55.8 Å². The Hall–Kier alpha value is -2.00. The van der Waals surface area contributed by atoms with Crippen LogP contribution in [0.15, 0.2) is 77.9 Å². The second kappa shape index (κ2) is 17.2. The fourth-order valence-corrected chi connectivity index (χ4v) is 5.73. The minimum Gasteiger partial charge on any atom is -0.748 e. The largest absolute Gasteiger partial charge is 1.00 e. The minimum absolute atomic E-state index is 0. The summed E-state index contributed by atoms with van der Waals surface area (Å²) in [5.41, 5.74) is 3.13. The minimum atomic E-state index is -4.37. The Morgan fingerprint density at radius 3 is 2.56 bits per heavy atom. The quantitative estimate of drug-likeness (QED) is 0.0392. The van der Waals surface area contributed by atoms with Gasteiger partial charge in [-0.1, -0.05) is 37.1 Å². The molecule has 41 heavy (non-hydrogen) atoms. The number of aliphatic carboxylic acids is 1. The Balaban J connectivity index is 0.00000588. The van der Waals surface area contributed by atoms with Gasteiger partial charge in [0.1, 0.15) is 6.54 Å². The number of unbranched alkanes of at least 4 members (excludes halogenated alkanes) is 2. The first kappa shape index (κ1) is 35.2. The van der Waals surface area contributed by atoms with Gasteiger partial charge in [0.05, 0.1) is 27.6 Å². The van der Waals surface area contributed by atoms with Gasteiger partial charge in [0.2, 0.25) is 5.69 Å². The molecule has 0 amide bonds. The fraction of sp³-hybridized carbons (Fsp3) is 0.357. The van der Waals surface area contributed by atoms with Crippen LogP contribution in [0, 0.1) is 0 Å². The molecule has 13 heteroatoms. The molecule has 0 saturated carbocycles. The number of hydrogen-bond acceptors (Lipinski definition) is 9. The molecule has 0 saturated heterocycles. The van der Waals surface area contributed by atoms with Gasteiger partial charge in [-0.3, -0.25) is 9.83 Å². The molecular formula is C28H33N2NaO8S2. The summed E-state index contributed by atoms with van der Waals surface area (Å²) in [4.78, 5) is 11.6. The molecule has 0 spiro atoms. The maximum Gasteiger partial charge on any atom is 1.00 e. The zero-order chi connectivity index (χ0) is 29.0. The summed E-state index contributed by atoms with van der Waals surface area (Å²) in [5, 5.41) is 26.1. The number of rotatable bonds is 17. The van der Waals surface area contributed by atoms with Crippen LogP contribution in [0.5, 0.6) is 0 Å². The number of nitrogens with zero attached hydrogens (tertiary/aromatic N) is 1. The maximum absolute atomic E-state index is 11.3. The standard InChI is InChI=1S/C28H34N2O8S2.Na/c1-28(17-8-3-6-14-27(31)32)24-21-23(39-38-37-33)15-16-25(24)30(19-10-20-40(34,35)36)26(28)13-7-9-18-29-22-11-4-2-5-12-22;/h2,4-5,7,9,11-13,15-16,18,21H,3,6,8,10,14,17,19-20H2,1H3,(H3,31,32,33,34,35,36);/q;+1/p-1. The van der Waals surface area contributed by atoms with E-state index in [1.807, 2.05) is 65.3 Å². The number of para-hydroxylation sites is 1. The van der Waals surface area contributed by atoms with Crippen LogP contribution in [0.25, 0.3) is 0 Å². The van der Waals surface area contributed by atoms with E-state index in [-0.39, 0.29) is 42.4 Å². The van der Waals surface area contributed by atoms with Gasteiger partial charge in [0.15, 0.2) is 5.71 Å². The van der Waals surface area contributed by atoms with E-state index in [2.05, 4.69) is 21.6 Å². The molecule has 0 aromatic heterocycles. The van der Waals surface area contributed by atoms with E-state index in [9.17, 15) is 23.0 Å². The first-order chi connectivity index (χ1) is 19.1. The first-order valence-corrected chi connectivity index (χ1v) is 15.2. The summed E-state index contributed by atoms with van der Waals surface area (Å²) in [6, 6.07) is 15.2. The van der Waals surface area contributed by atoms with Gasteiger partial charge in [-0.15, -0.1) is 0 Å². The third-order valence-corrected chi connectivity index (χ3v) is 8.05. The summed E-state index contributed by atoms with van der Waals surface area (Å²) in [5.74, 6) is -1.31. The molecule has 1 aliphatic rings. The average molecular weight is 613 g/mol. The van der Waals surface area contributed by atoms with Crippen LogP contribution >= 0.6 is 12.0 Å². The van der Waals surface area contributed by atoms with E-state index in [4.69, 9.17) is 5.11 Å². The molecule has 3 rings (SSSR count). The summed E-state index contributed by atoms with van der Waals surface area (Å²) in [7, 11) is -4.37. The Morgan fingerprint density at radius 2 is 1.88 bits per heavy atom. The van der Waals surface area contributed by atoms with Gasteiger partial charge in [-0.05, 0) is 50.1 Å². The third kappa shape index (κ3) is 11.0. The zero-order valence-corrected chi connectivity index (χ0v) is 26.8. The van der Waals surface area contributed by atoms with E-state index in [0.717, 1.165) is 47.5 Å². The molecule has 10 nitrogen and oxygen atoms in total. The van der Waals surface area contributed by atoms with E-state index < -0.39 is 27.3 Å². The van der Waals surface area contributed by atoms with Crippen molar-refractivity contribution in [1.29, 1.82) is 0 Å². The van der Waals surface area contributed by atoms with Crippen molar-refractivity contribution in [3.05, 3.63) is 78.5 Å². The second-order valence-corrected chi connectivity index (χ2v) is 11.9. The topological polar surface area (TPSA) is 151 Å². The molecular weight excluding hydrogens is 579 g/mol. The zero-order valence-electron chi connectivity index (χ0n) is 23.2. The van der Waals surface area contributed by atoms with Crippen molar-refractivity contribution in [2.75, 3.05) is 17.6 Å². The van der Waals surface area contributed by atoms with Gasteiger partial charge in [-0.2, -0.15) is 8.91 Å². The number of hydrogen-bond donors (Lipinski definition) is 2. The van der Waals surface area contributed by atoms with Crippen molar-refractivity contribution in [2.24, 2.45) is 0 Å². The van der Waals surface area contributed by atoms with Gasteiger partial charge >= 0.3 is 35.5 Å². The smallest absolute Gasteiger partial charge is 0.748 e. The average Bonchev–Trinajstić information content (AvgIpc) is 3.13. The van der Waals surface area contributed by atoms with Crippen LogP contribution in [-0.2, 0) is 29.7 Å². The SMILES string of the molecule is CC1(CCCCCC(=O)O)C(/C=C/C=C/Nc2ccccc2)=[N+](CCCS(=O)(=O)[O-])c2ccc(SOO[O-])cc21.[Na+]. The third-order valence-electron chi connectivity index (χ3n) is 6.70. The van der Waals surface area contributed by atoms with Gasteiger partial charge in [0.25, 0.3) is 0 Å². The van der Waals surface area contributed by atoms with Gasteiger partial charge in [0, 0.05) is 53.1 Å². The van der Waals surface area contributed by atoms with Gasteiger partial charge in [-0.25, -0.2) is 8.42 Å². The number of anilines is 1. The van der Waals surface area contributed by atoms with E-state index in [1.165, 1.54) is 0 Å². The first-order valence-electron chi connectivity index (χ1n) is 12.9. The van der Waals surface area contributed by atoms with Crippen LogP contribution in [0.3, 0.4) is 0 Å². The number of carbonyl (C=O) groups is 1. The number of allylic oxidation sites excluding steroid dienone is 3. The summed E-state index contributed by atoms with van der Waals surface area (Å²) in [6.07, 6.45) is 10.5. The maximum atomic E-state index is 11.3. The van der Waals surface area contributed by atoms with Crippen LogP contribution in [0.4, 0.5) is 11.4 Å². The molecule has 216 valence electrons. The van der Waals surface area contributed by atoms with Gasteiger partial charge < -0.3 is 20.2 Å². The predicted molar refractivity (Wildman–Crippen MR) is 150 cm³/mol. The molecule has 2 aromatic rings. The Labute approximate surface area is 267 Å². The number of nitrogens with one attached hydrogen (secondary N) is 1. The molecule has 0 fully saturated rings. The molecule has 2 N–H and O–H groups in total. The Bertz CT molecular complexity index is 1350. The van der Waals surface area contributed by atoms with Crippen molar-refractivity contribution < 1.29 is 71.6 Å². The summed E-state index contributed by atoms with van der Waals surface area (Å²) < 4.78 is 40.5. The molecule has 0 aliphatic carbocycles. The summed E-state index contributed by atoms with van der Waals surface area (Å²) in [6.45, 7) is 2.39. The van der Waals surface area contributed by atoms with Crippen molar-refractivity contribution in [3.8, 4) is 0 Å². The van der Waals surface area contributed by atoms with Crippen molar-refractivity contribution >= 4 is 45.2 Å². The number of fused-ring (bicyclic) bond motifs is 1. The van der Waals surface area contributed by atoms with Crippen molar-refractivity contribution in [3.63, 3.8) is 0 Å². The molecule has 0 bridgehead atoms. The fourth-order valence-electron chi connectivity index (χ4n) is 4.85. The van der Waals surface area contributed by atoms with Crippen LogP contribution < -0.4 is 40.1 Å². The number of carboxylic acid groups (broad SMARTS) is 1. The Morgan fingerprint density at radius 1 is 1.12 bits per heavy atom. The normalized spacial score (nSPS) is 16.8. The molecule has 2 aromatic carbocycles. The number of benzene rings is 2. The predicted octanol–water partition coefficient (Wildman–Crippen LogP) is 1.43. The molecule has 1 heterocycles. The van der Waals surface area contributed by atoms with E-state index >= 15 is 0 Å². The summed E-state index contributed by atoms with van der Waals surface area (Å²) >= 11 is 0.783. The molecule has 0 radical (unpaired) electrons. The van der Waals surface area contributed by atoms with Crippen LogP contribution in [-0.4, -0.2) is 46.6 Å². The van der Waals surface area contributed by atoms with Crippen LogP contribution in [0.2, 0.25) is 0 Å². The monoisotopic (exact) mass is 612 g/mol. The second-order valence-electron chi connectivity index (χ2n) is 9.57. The van der Waals surface area contributed by atoms with Crippen molar-refractivity contribution in [1.82, 2.24) is 0 Å².